The molecule has 0 saturated carbocycles. The van der Waals surface area contributed by atoms with Gasteiger partial charge in [-0.3, -0.25) is 9.69 Å². The van der Waals surface area contributed by atoms with E-state index in [1.807, 2.05) is 18.2 Å². The maximum atomic E-state index is 12.6. The summed E-state index contributed by atoms with van der Waals surface area (Å²) in [4.78, 5) is 17.1. The van der Waals surface area contributed by atoms with Crippen molar-refractivity contribution in [1.82, 2.24) is 9.80 Å². The van der Waals surface area contributed by atoms with E-state index in [1.54, 1.807) is 0 Å². The average Bonchev–Trinajstić information content (AvgIpc) is 2.82. The first kappa shape index (κ1) is 16.8. The monoisotopic (exact) mass is 334 g/mol. The lowest BCUT2D eigenvalue weighted by atomic mass is 10.0. The molecule has 1 atom stereocenters. The Labute approximate surface area is 144 Å². The number of amides is 1. The van der Waals surface area contributed by atoms with Crippen molar-refractivity contribution in [1.29, 1.82) is 0 Å². The zero-order valence-corrected chi connectivity index (χ0v) is 14.6. The summed E-state index contributed by atoms with van der Waals surface area (Å²) in [6, 6.07) is 8.53. The van der Waals surface area contributed by atoms with E-state index in [9.17, 15) is 4.79 Å². The van der Waals surface area contributed by atoms with Crippen molar-refractivity contribution in [3.05, 3.63) is 34.9 Å². The van der Waals surface area contributed by atoms with Crippen molar-refractivity contribution >= 4 is 17.5 Å². The predicted octanol–water partition coefficient (Wildman–Crippen LogP) is 3.75. The van der Waals surface area contributed by atoms with E-state index in [4.69, 9.17) is 11.6 Å². The number of nitrogens with zero attached hydrogens (tertiary/aromatic N) is 2. The third kappa shape index (κ3) is 4.48. The van der Waals surface area contributed by atoms with Gasteiger partial charge in [0.1, 0.15) is 0 Å². The van der Waals surface area contributed by atoms with Crippen molar-refractivity contribution in [3.63, 3.8) is 0 Å². The first-order chi connectivity index (χ1) is 11.2. The number of carbonyl (C=O) groups excluding carboxylic acids is 1. The molecule has 23 heavy (non-hydrogen) atoms. The van der Waals surface area contributed by atoms with Crippen LogP contribution in [0.15, 0.2) is 24.3 Å². The largest absolute Gasteiger partial charge is 0.342 e. The van der Waals surface area contributed by atoms with Gasteiger partial charge in [0.25, 0.3) is 0 Å². The molecule has 1 aromatic carbocycles. The highest BCUT2D eigenvalue weighted by Gasteiger charge is 2.28. The molecule has 0 N–H and O–H groups in total. The quantitative estimate of drug-likeness (QED) is 0.837. The molecule has 0 radical (unpaired) electrons. The molecule has 1 unspecified atom stereocenters. The molecule has 3 rings (SSSR count). The van der Waals surface area contributed by atoms with Crippen molar-refractivity contribution in [2.24, 2.45) is 0 Å². The molecule has 2 aliphatic heterocycles. The molecule has 2 heterocycles. The van der Waals surface area contributed by atoms with Crippen LogP contribution in [0.5, 0.6) is 0 Å². The van der Waals surface area contributed by atoms with Crippen molar-refractivity contribution in [2.75, 3.05) is 26.2 Å². The van der Waals surface area contributed by atoms with Gasteiger partial charge in [0.15, 0.2) is 0 Å². The van der Waals surface area contributed by atoms with Gasteiger partial charge < -0.3 is 4.90 Å². The molecule has 2 fully saturated rings. The van der Waals surface area contributed by atoms with Crippen LogP contribution < -0.4 is 0 Å². The molecule has 3 nitrogen and oxygen atoms in total. The van der Waals surface area contributed by atoms with E-state index < -0.39 is 0 Å². The molecule has 0 spiro atoms. The Morgan fingerprint density at radius 1 is 1.04 bits per heavy atom. The molecule has 0 aromatic heterocycles. The Hall–Kier alpha value is -1.06. The normalized spacial score (nSPS) is 23.0. The fraction of sp³-hybridized carbons (Fsp3) is 0.632. The Kier molecular flexibility index (Phi) is 5.96. The summed E-state index contributed by atoms with van der Waals surface area (Å²) in [6.45, 7) is 3.51. The predicted molar refractivity (Wildman–Crippen MR) is 94.8 cm³/mol. The molecular formula is C19H27ClN2O. The van der Waals surface area contributed by atoms with Crippen molar-refractivity contribution in [2.45, 2.75) is 51.0 Å². The van der Waals surface area contributed by atoms with Gasteiger partial charge in [0, 0.05) is 24.2 Å². The summed E-state index contributed by atoms with van der Waals surface area (Å²) >= 11 is 6.30. The Bertz CT molecular complexity index is 526. The standard InChI is InChI=1S/C19H27ClN2O/c20-18-10-4-3-8-16(18)14-17-9-7-13-22(17)15-19(23)21-11-5-1-2-6-12-21/h3-4,8,10,17H,1-2,5-7,9,11-15H2. The molecular weight excluding hydrogens is 308 g/mol. The lowest BCUT2D eigenvalue weighted by Crippen LogP contribution is -2.43. The lowest BCUT2D eigenvalue weighted by molar-refractivity contribution is -0.132. The molecule has 2 aliphatic rings. The second-order valence-electron chi connectivity index (χ2n) is 6.86. The SMILES string of the molecule is O=C(CN1CCCC1Cc1ccccc1Cl)N1CCCCCC1. The van der Waals surface area contributed by atoms with E-state index in [2.05, 4.69) is 15.9 Å². The zero-order valence-electron chi connectivity index (χ0n) is 13.8. The lowest BCUT2D eigenvalue weighted by Gasteiger charge is -2.28. The number of likely N-dealkylation sites (tertiary alicyclic amines) is 2. The van der Waals surface area contributed by atoms with Gasteiger partial charge in [0.2, 0.25) is 5.91 Å². The van der Waals surface area contributed by atoms with Crippen LogP contribution in [-0.2, 0) is 11.2 Å². The van der Waals surface area contributed by atoms with Crippen LogP contribution in [0.1, 0.15) is 44.1 Å². The molecule has 2 saturated heterocycles. The van der Waals surface area contributed by atoms with E-state index in [0.29, 0.717) is 18.5 Å². The molecule has 126 valence electrons. The number of hydrogen-bond acceptors (Lipinski definition) is 2. The minimum atomic E-state index is 0.318. The second kappa shape index (κ2) is 8.16. The van der Waals surface area contributed by atoms with Crippen LogP contribution >= 0.6 is 11.6 Å². The molecule has 1 amide bonds. The van der Waals surface area contributed by atoms with Gasteiger partial charge in [-0.2, -0.15) is 0 Å². The van der Waals surface area contributed by atoms with Gasteiger partial charge in [-0.25, -0.2) is 0 Å². The van der Waals surface area contributed by atoms with Gasteiger partial charge in [-0.15, -0.1) is 0 Å². The highest BCUT2D eigenvalue weighted by Crippen LogP contribution is 2.25. The van der Waals surface area contributed by atoms with E-state index in [-0.39, 0.29) is 0 Å². The van der Waals surface area contributed by atoms with Crippen LogP contribution in [0.3, 0.4) is 0 Å². The number of carbonyl (C=O) groups is 1. The third-order valence-electron chi connectivity index (χ3n) is 5.21. The number of rotatable bonds is 4. The van der Waals surface area contributed by atoms with Crippen LogP contribution in [0.4, 0.5) is 0 Å². The fourth-order valence-corrected chi connectivity index (χ4v) is 4.06. The smallest absolute Gasteiger partial charge is 0.236 e. The summed E-state index contributed by atoms with van der Waals surface area (Å²) in [6.07, 6.45) is 8.16. The summed E-state index contributed by atoms with van der Waals surface area (Å²) < 4.78 is 0. The van der Waals surface area contributed by atoms with E-state index in [0.717, 1.165) is 43.9 Å². The van der Waals surface area contributed by atoms with Gasteiger partial charge in [-0.1, -0.05) is 42.6 Å². The molecule has 4 heteroatoms. The Morgan fingerprint density at radius 3 is 2.52 bits per heavy atom. The average molecular weight is 335 g/mol. The third-order valence-corrected chi connectivity index (χ3v) is 5.58. The van der Waals surface area contributed by atoms with E-state index >= 15 is 0 Å². The minimum absolute atomic E-state index is 0.318. The minimum Gasteiger partial charge on any atom is -0.342 e. The number of hydrogen-bond donors (Lipinski definition) is 0. The van der Waals surface area contributed by atoms with Crippen LogP contribution in [0.25, 0.3) is 0 Å². The second-order valence-corrected chi connectivity index (χ2v) is 7.26. The summed E-state index contributed by atoms with van der Waals surface area (Å²) in [5.41, 5.74) is 1.20. The zero-order chi connectivity index (χ0) is 16.1. The maximum absolute atomic E-state index is 12.6. The molecule has 0 aliphatic carbocycles. The topological polar surface area (TPSA) is 23.6 Å². The molecule has 1 aromatic rings. The fourth-order valence-electron chi connectivity index (χ4n) is 3.85. The molecule has 0 bridgehead atoms. The van der Waals surface area contributed by atoms with E-state index in [1.165, 1.54) is 31.2 Å². The Balaban J connectivity index is 1.58. The van der Waals surface area contributed by atoms with Crippen molar-refractivity contribution < 1.29 is 4.79 Å². The number of halogens is 1. The van der Waals surface area contributed by atoms with Gasteiger partial charge in [-0.05, 0) is 50.3 Å². The number of benzene rings is 1. The van der Waals surface area contributed by atoms with Crippen LogP contribution in [0, 0.1) is 0 Å². The summed E-state index contributed by atoms with van der Waals surface area (Å²) in [7, 11) is 0. The van der Waals surface area contributed by atoms with Crippen molar-refractivity contribution in [3.8, 4) is 0 Å². The summed E-state index contributed by atoms with van der Waals surface area (Å²) in [5, 5.41) is 0.846. The van der Waals surface area contributed by atoms with Crippen LogP contribution in [0.2, 0.25) is 5.02 Å². The Morgan fingerprint density at radius 2 is 1.78 bits per heavy atom. The highest BCUT2D eigenvalue weighted by molar-refractivity contribution is 6.31. The summed E-state index contributed by atoms with van der Waals surface area (Å²) in [5.74, 6) is 0.318. The maximum Gasteiger partial charge on any atom is 0.236 e. The first-order valence-electron chi connectivity index (χ1n) is 8.99. The van der Waals surface area contributed by atoms with Gasteiger partial charge >= 0.3 is 0 Å². The highest BCUT2D eigenvalue weighted by atomic mass is 35.5. The van der Waals surface area contributed by atoms with Gasteiger partial charge in [0.05, 0.1) is 6.54 Å². The first-order valence-corrected chi connectivity index (χ1v) is 9.37. The van der Waals surface area contributed by atoms with Crippen LogP contribution in [-0.4, -0.2) is 47.9 Å².